The molecular formula is C24H35BrClNO2. The molecule has 2 aromatic rings. The predicted molar refractivity (Wildman–Crippen MR) is 129 cm³/mol. The molecule has 1 N–H and O–H groups in total. The zero-order valence-electron chi connectivity index (χ0n) is 17.9. The summed E-state index contributed by atoms with van der Waals surface area (Å²) in [5, 5.41) is 3.54. The summed E-state index contributed by atoms with van der Waals surface area (Å²) in [5.74, 6) is 1.51. The maximum Gasteiger partial charge on any atom is 0.175 e. The van der Waals surface area contributed by atoms with Gasteiger partial charge in [-0.25, -0.2) is 0 Å². The van der Waals surface area contributed by atoms with E-state index in [1.807, 2.05) is 0 Å². The van der Waals surface area contributed by atoms with Crippen molar-refractivity contribution in [3.8, 4) is 11.5 Å². The van der Waals surface area contributed by atoms with Gasteiger partial charge in [0.15, 0.2) is 11.5 Å². The van der Waals surface area contributed by atoms with Gasteiger partial charge in [0.05, 0.1) is 11.6 Å². The third kappa shape index (κ3) is 9.41. The third-order valence-corrected chi connectivity index (χ3v) is 5.42. The van der Waals surface area contributed by atoms with Crippen molar-refractivity contribution >= 4 is 28.3 Å². The van der Waals surface area contributed by atoms with Crippen LogP contribution < -0.4 is 14.8 Å². The molecule has 0 heterocycles. The molecule has 0 saturated carbocycles. The van der Waals surface area contributed by atoms with Crippen LogP contribution in [0.2, 0.25) is 0 Å². The van der Waals surface area contributed by atoms with E-state index >= 15 is 0 Å². The zero-order valence-corrected chi connectivity index (χ0v) is 20.3. The Labute approximate surface area is 191 Å². The van der Waals surface area contributed by atoms with Crippen molar-refractivity contribution in [2.24, 2.45) is 0 Å². The SMILES string of the molecule is CCCCCCCCNCc1cc(Br)c(OCc2ccc(C)cc2)c(OC)c1.Cl. The smallest absolute Gasteiger partial charge is 0.175 e. The summed E-state index contributed by atoms with van der Waals surface area (Å²) < 4.78 is 12.5. The van der Waals surface area contributed by atoms with Crippen LogP contribution in [0, 0.1) is 6.92 Å². The number of halogens is 2. The number of aryl methyl sites for hydroxylation is 1. The summed E-state index contributed by atoms with van der Waals surface area (Å²) in [6.07, 6.45) is 7.93. The number of unbranched alkanes of at least 4 members (excludes halogenated alkanes) is 5. The molecule has 29 heavy (non-hydrogen) atoms. The van der Waals surface area contributed by atoms with Gasteiger partial charge in [0.25, 0.3) is 0 Å². The first-order chi connectivity index (χ1) is 13.6. The van der Waals surface area contributed by atoms with E-state index in [1.165, 1.54) is 49.7 Å². The number of hydrogen-bond donors (Lipinski definition) is 1. The largest absolute Gasteiger partial charge is 0.493 e. The molecular weight excluding hydrogens is 450 g/mol. The second-order valence-corrected chi connectivity index (χ2v) is 8.18. The van der Waals surface area contributed by atoms with E-state index in [4.69, 9.17) is 9.47 Å². The maximum atomic E-state index is 6.04. The van der Waals surface area contributed by atoms with Crippen molar-refractivity contribution in [3.63, 3.8) is 0 Å². The van der Waals surface area contributed by atoms with Crippen LogP contribution in [0.4, 0.5) is 0 Å². The molecule has 0 aliphatic heterocycles. The first kappa shape index (κ1) is 25.8. The zero-order chi connectivity index (χ0) is 20.2. The van der Waals surface area contributed by atoms with Crippen molar-refractivity contribution < 1.29 is 9.47 Å². The van der Waals surface area contributed by atoms with E-state index in [0.717, 1.165) is 34.6 Å². The number of methoxy groups -OCH3 is 1. The third-order valence-electron chi connectivity index (χ3n) is 4.83. The van der Waals surface area contributed by atoms with Crippen LogP contribution in [0.3, 0.4) is 0 Å². The Kier molecular flexibility index (Phi) is 13.1. The first-order valence-corrected chi connectivity index (χ1v) is 11.2. The highest BCUT2D eigenvalue weighted by Gasteiger charge is 2.12. The second-order valence-electron chi connectivity index (χ2n) is 7.33. The summed E-state index contributed by atoms with van der Waals surface area (Å²) in [6, 6.07) is 12.6. The van der Waals surface area contributed by atoms with Gasteiger partial charge in [0.2, 0.25) is 0 Å². The fourth-order valence-corrected chi connectivity index (χ4v) is 3.72. The minimum Gasteiger partial charge on any atom is -0.493 e. The first-order valence-electron chi connectivity index (χ1n) is 10.4. The molecule has 0 amide bonds. The second kappa shape index (κ2) is 14.7. The lowest BCUT2D eigenvalue weighted by Gasteiger charge is -2.15. The van der Waals surface area contributed by atoms with E-state index in [9.17, 15) is 0 Å². The molecule has 2 aromatic carbocycles. The summed E-state index contributed by atoms with van der Waals surface area (Å²) in [4.78, 5) is 0. The molecule has 0 aliphatic carbocycles. The van der Waals surface area contributed by atoms with E-state index in [0.29, 0.717) is 6.61 Å². The fraction of sp³-hybridized carbons (Fsp3) is 0.500. The molecule has 5 heteroatoms. The van der Waals surface area contributed by atoms with E-state index in [2.05, 4.69) is 71.5 Å². The average Bonchev–Trinajstić information content (AvgIpc) is 2.70. The van der Waals surface area contributed by atoms with E-state index in [1.54, 1.807) is 7.11 Å². The van der Waals surface area contributed by atoms with Crippen LogP contribution in [-0.4, -0.2) is 13.7 Å². The number of benzene rings is 2. The van der Waals surface area contributed by atoms with Gasteiger partial charge >= 0.3 is 0 Å². The highest BCUT2D eigenvalue weighted by atomic mass is 79.9. The molecule has 0 atom stereocenters. The van der Waals surface area contributed by atoms with Gasteiger partial charge in [0, 0.05) is 6.54 Å². The van der Waals surface area contributed by atoms with Crippen LogP contribution in [-0.2, 0) is 13.2 Å². The number of rotatable bonds is 13. The summed E-state index contributed by atoms with van der Waals surface area (Å²) >= 11 is 3.65. The minimum atomic E-state index is 0. The van der Waals surface area contributed by atoms with E-state index in [-0.39, 0.29) is 12.4 Å². The predicted octanol–water partition coefficient (Wildman–Crippen LogP) is 7.22. The minimum absolute atomic E-state index is 0. The van der Waals surface area contributed by atoms with Gasteiger partial charge in [-0.2, -0.15) is 0 Å². The highest BCUT2D eigenvalue weighted by Crippen LogP contribution is 2.37. The van der Waals surface area contributed by atoms with Gasteiger partial charge in [-0.3, -0.25) is 0 Å². The molecule has 0 aliphatic rings. The maximum absolute atomic E-state index is 6.04. The lowest BCUT2D eigenvalue weighted by Crippen LogP contribution is -2.14. The van der Waals surface area contributed by atoms with Crippen LogP contribution in [0.5, 0.6) is 11.5 Å². The molecule has 0 saturated heterocycles. The normalized spacial score (nSPS) is 10.5. The molecule has 0 spiro atoms. The van der Waals surface area contributed by atoms with Crippen LogP contribution in [0.25, 0.3) is 0 Å². The lowest BCUT2D eigenvalue weighted by atomic mass is 10.1. The van der Waals surface area contributed by atoms with Crippen molar-refractivity contribution in [3.05, 3.63) is 57.6 Å². The van der Waals surface area contributed by atoms with Gasteiger partial charge < -0.3 is 14.8 Å². The molecule has 0 aromatic heterocycles. The Bertz CT molecular complexity index is 707. The number of ether oxygens (including phenoxy) is 2. The molecule has 0 radical (unpaired) electrons. The van der Waals surface area contributed by atoms with Gasteiger partial charge in [0.1, 0.15) is 6.61 Å². The van der Waals surface area contributed by atoms with Crippen LogP contribution in [0.1, 0.15) is 62.1 Å². The summed E-state index contributed by atoms with van der Waals surface area (Å²) in [5.41, 5.74) is 3.59. The molecule has 0 fully saturated rings. The standard InChI is InChI=1S/C24H34BrNO2.ClH/c1-4-5-6-7-8-9-14-26-17-21-15-22(25)24(23(16-21)27-3)28-18-20-12-10-19(2)11-13-20;/h10-13,15-16,26H,4-9,14,17-18H2,1-3H3;1H. The Morgan fingerprint density at radius 2 is 1.62 bits per heavy atom. The average molecular weight is 485 g/mol. The van der Waals surface area contributed by atoms with Gasteiger partial charge in [-0.1, -0.05) is 68.9 Å². The monoisotopic (exact) mass is 483 g/mol. The molecule has 0 unspecified atom stereocenters. The van der Waals surface area contributed by atoms with Gasteiger partial charge in [-0.15, -0.1) is 12.4 Å². The number of nitrogens with one attached hydrogen (secondary N) is 1. The highest BCUT2D eigenvalue weighted by molar-refractivity contribution is 9.10. The van der Waals surface area contributed by atoms with E-state index < -0.39 is 0 Å². The van der Waals surface area contributed by atoms with Crippen molar-refractivity contribution in [1.29, 1.82) is 0 Å². The summed E-state index contributed by atoms with van der Waals surface area (Å²) in [6.45, 7) is 6.75. The van der Waals surface area contributed by atoms with Crippen LogP contribution >= 0.6 is 28.3 Å². The van der Waals surface area contributed by atoms with Gasteiger partial charge in [-0.05, 0) is 59.1 Å². The Morgan fingerprint density at radius 3 is 2.31 bits per heavy atom. The lowest BCUT2D eigenvalue weighted by molar-refractivity contribution is 0.282. The molecule has 162 valence electrons. The quantitative estimate of drug-likeness (QED) is 0.304. The topological polar surface area (TPSA) is 30.5 Å². The Hall–Kier alpha value is -1.23. The molecule has 3 nitrogen and oxygen atoms in total. The van der Waals surface area contributed by atoms with Crippen molar-refractivity contribution in [2.45, 2.75) is 65.5 Å². The van der Waals surface area contributed by atoms with Crippen LogP contribution in [0.15, 0.2) is 40.9 Å². The Balaban J connectivity index is 0.00000420. The fourth-order valence-electron chi connectivity index (χ4n) is 3.12. The number of hydrogen-bond acceptors (Lipinski definition) is 3. The molecule has 0 bridgehead atoms. The Morgan fingerprint density at radius 1 is 0.931 bits per heavy atom. The van der Waals surface area contributed by atoms with Crippen molar-refractivity contribution in [2.75, 3.05) is 13.7 Å². The summed E-state index contributed by atoms with van der Waals surface area (Å²) in [7, 11) is 1.69. The van der Waals surface area contributed by atoms with Crippen molar-refractivity contribution in [1.82, 2.24) is 5.32 Å². The molecule has 2 rings (SSSR count).